The van der Waals surface area contributed by atoms with Gasteiger partial charge in [-0.25, -0.2) is 8.98 Å². The summed E-state index contributed by atoms with van der Waals surface area (Å²) in [6.07, 6.45) is -3.25. The van der Waals surface area contributed by atoms with Crippen LogP contribution in [0.2, 0.25) is 0 Å². The molecule has 0 spiro atoms. The molecule has 17 heavy (non-hydrogen) atoms. The Hall–Kier alpha value is -0.780. The number of rotatable bonds is 4. The quantitative estimate of drug-likeness (QED) is 0.413. The van der Waals surface area contributed by atoms with Gasteiger partial charge < -0.3 is 19.5 Å². The average Bonchev–Trinajstić information content (AvgIpc) is 2.45. The highest BCUT2D eigenvalue weighted by atomic mass is 32.3. The third-order valence-corrected chi connectivity index (χ3v) is 3.34. The van der Waals surface area contributed by atoms with Crippen LogP contribution in [-0.2, 0) is 23.6 Å². The van der Waals surface area contributed by atoms with Crippen LogP contribution in [0.5, 0.6) is 0 Å². The molecule has 0 saturated carbocycles. The Balaban J connectivity index is 2.96. The summed E-state index contributed by atoms with van der Waals surface area (Å²) >= 11 is 0. The molecule has 0 aromatic carbocycles. The molecular formula is C7H13NO8S. The summed E-state index contributed by atoms with van der Waals surface area (Å²) in [7, 11) is -4.54. The summed E-state index contributed by atoms with van der Waals surface area (Å²) in [6.45, 7) is 0.384. The van der Waals surface area contributed by atoms with Crippen molar-refractivity contribution in [1.82, 2.24) is 0 Å². The molecule has 1 aliphatic rings. The molecule has 1 saturated heterocycles. The summed E-state index contributed by atoms with van der Waals surface area (Å²) < 4.78 is 29.9. The first-order chi connectivity index (χ1) is 7.64. The van der Waals surface area contributed by atoms with Crippen LogP contribution >= 0.6 is 0 Å². The molecule has 0 radical (unpaired) electrons. The molecule has 5 N–H and O–H groups in total. The van der Waals surface area contributed by atoms with E-state index in [0.717, 1.165) is 0 Å². The number of aliphatic hydroxyl groups is 3. The lowest BCUT2D eigenvalue weighted by Gasteiger charge is -2.30. The zero-order valence-corrected chi connectivity index (χ0v) is 9.62. The van der Waals surface area contributed by atoms with Gasteiger partial charge in [-0.1, -0.05) is 6.92 Å². The van der Waals surface area contributed by atoms with Crippen LogP contribution in [-0.4, -0.2) is 54.2 Å². The fourth-order valence-electron chi connectivity index (χ4n) is 1.33. The van der Waals surface area contributed by atoms with E-state index in [9.17, 15) is 23.4 Å². The van der Waals surface area contributed by atoms with Crippen molar-refractivity contribution in [2.45, 2.75) is 24.9 Å². The summed E-state index contributed by atoms with van der Waals surface area (Å²) in [5.74, 6) is -2.70. The third kappa shape index (κ3) is 2.56. The molecule has 100 valence electrons. The lowest BCUT2D eigenvalue weighted by molar-refractivity contribution is -0.154. The van der Waals surface area contributed by atoms with Crippen LogP contribution in [0.3, 0.4) is 0 Å². The fourth-order valence-corrected chi connectivity index (χ4v) is 2.24. The van der Waals surface area contributed by atoms with Crippen molar-refractivity contribution in [1.29, 1.82) is 0 Å². The fraction of sp³-hybridized carbons (Fsp3) is 0.857. The van der Waals surface area contributed by atoms with Gasteiger partial charge in [0, 0.05) is 5.92 Å². The predicted molar refractivity (Wildman–Crippen MR) is 51.3 cm³/mol. The number of hydrogen-bond acceptors (Lipinski definition) is 9. The van der Waals surface area contributed by atoms with Crippen molar-refractivity contribution in [2.24, 2.45) is 11.7 Å². The molecule has 1 rings (SSSR count). The van der Waals surface area contributed by atoms with Gasteiger partial charge in [0.2, 0.25) is 5.72 Å². The van der Waals surface area contributed by atoms with Crippen molar-refractivity contribution < 1.29 is 36.9 Å². The van der Waals surface area contributed by atoms with Crippen molar-refractivity contribution in [3.63, 3.8) is 0 Å². The smallest absolute Gasteiger partial charge is 0.394 e. The van der Waals surface area contributed by atoms with Crippen LogP contribution in [0.15, 0.2) is 0 Å². The van der Waals surface area contributed by atoms with E-state index >= 15 is 0 Å². The van der Waals surface area contributed by atoms with E-state index in [1.807, 2.05) is 0 Å². The van der Waals surface area contributed by atoms with Gasteiger partial charge in [-0.3, -0.25) is 5.73 Å². The van der Waals surface area contributed by atoms with Gasteiger partial charge in [-0.15, -0.1) is 0 Å². The molecule has 0 aliphatic carbocycles. The Kier molecular flexibility index (Phi) is 3.76. The predicted octanol–water partition coefficient (Wildman–Crippen LogP) is -3.19. The Morgan fingerprint density at radius 2 is 2.00 bits per heavy atom. The minimum Gasteiger partial charge on any atom is -0.394 e. The summed E-state index contributed by atoms with van der Waals surface area (Å²) in [5, 5.41) is 27.3. The molecular weight excluding hydrogens is 258 g/mol. The first-order valence-electron chi connectivity index (χ1n) is 4.59. The Morgan fingerprint density at radius 3 is 2.35 bits per heavy atom. The molecule has 0 unspecified atom stereocenters. The molecule has 1 heterocycles. The summed E-state index contributed by atoms with van der Waals surface area (Å²) in [5.41, 5.74) is 2.96. The monoisotopic (exact) mass is 271 g/mol. The van der Waals surface area contributed by atoms with Crippen LogP contribution in [0.25, 0.3) is 0 Å². The zero-order chi connectivity index (χ0) is 13.4. The first-order valence-corrected chi connectivity index (χ1v) is 5.92. The summed E-state index contributed by atoms with van der Waals surface area (Å²) in [6, 6.07) is 0. The minimum absolute atomic E-state index is 0.788. The number of carbonyl (C=O) groups excluding carboxylic acids is 1. The van der Waals surface area contributed by atoms with Crippen molar-refractivity contribution in [2.75, 3.05) is 6.61 Å². The molecule has 1 fully saturated rings. The van der Waals surface area contributed by atoms with Gasteiger partial charge in [0.15, 0.2) is 0 Å². The van der Waals surface area contributed by atoms with Gasteiger partial charge in [0.1, 0.15) is 6.10 Å². The molecule has 4 atom stereocenters. The van der Waals surface area contributed by atoms with E-state index in [1.165, 1.54) is 6.92 Å². The highest BCUT2D eigenvalue weighted by Crippen LogP contribution is 2.31. The second-order valence-corrected chi connectivity index (χ2v) is 4.83. The molecule has 1 aliphatic heterocycles. The molecule has 0 amide bonds. The first kappa shape index (κ1) is 14.3. The van der Waals surface area contributed by atoms with Gasteiger partial charge in [-0.2, -0.15) is 8.42 Å². The molecule has 0 bridgehead atoms. The lowest BCUT2D eigenvalue weighted by atomic mass is 9.90. The minimum atomic E-state index is -4.54. The second kappa shape index (κ2) is 4.48. The van der Waals surface area contributed by atoms with E-state index in [2.05, 4.69) is 8.37 Å². The largest absolute Gasteiger partial charge is 0.454 e. The normalized spacial score (nSPS) is 32.9. The highest BCUT2D eigenvalue weighted by Gasteiger charge is 2.57. The van der Waals surface area contributed by atoms with E-state index in [0.29, 0.717) is 0 Å². The number of hydrogen-bond donors (Lipinski definition) is 4. The third-order valence-electron chi connectivity index (χ3n) is 2.51. The molecule has 10 heteroatoms. The Labute approximate surface area is 97.1 Å². The van der Waals surface area contributed by atoms with E-state index in [1.54, 1.807) is 0 Å². The van der Waals surface area contributed by atoms with Crippen LogP contribution in [0.1, 0.15) is 6.92 Å². The average molecular weight is 271 g/mol. The maximum Gasteiger partial charge on any atom is 0.454 e. The Morgan fingerprint density at radius 1 is 1.47 bits per heavy atom. The van der Waals surface area contributed by atoms with Crippen LogP contribution in [0.4, 0.5) is 0 Å². The molecule has 9 nitrogen and oxygen atoms in total. The SMILES string of the molecule is C[C@@H]([C@H](O)[C@H](O)CO)[C@@]1(N)OS(=O)(=O)OC1=O. The Bertz CT molecular complexity index is 408. The molecule has 0 aromatic heterocycles. The highest BCUT2D eigenvalue weighted by molar-refractivity contribution is 7.82. The lowest BCUT2D eigenvalue weighted by Crippen LogP contribution is -2.57. The van der Waals surface area contributed by atoms with Gasteiger partial charge >= 0.3 is 16.4 Å². The van der Waals surface area contributed by atoms with Crippen LogP contribution < -0.4 is 5.73 Å². The maximum atomic E-state index is 11.3. The van der Waals surface area contributed by atoms with Gasteiger partial charge in [0.05, 0.1) is 12.7 Å². The van der Waals surface area contributed by atoms with Gasteiger partial charge in [-0.05, 0) is 0 Å². The second-order valence-electron chi connectivity index (χ2n) is 3.68. The standard InChI is InChI=1S/C7H13NO8S/c1-3(5(11)4(10)2-9)7(8)6(12)15-17(13,14)16-7/h3-5,9-11H,2,8H2,1H3/t3-,4+,5-,7+/m0/s1. The maximum absolute atomic E-state index is 11.3. The van der Waals surface area contributed by atoms with E-state index < -0.39 is 46.8 Å². The number of aliphatic hydroxyl groups excluding tert-OH is 3. The topological polar surface area (TPSA) is 156 Å². The van der Waals surface area contributed by atoms with Crippen molar-refractivity contribution in [3.8, 4) is 0 Å². The van der Waals surface area contributed by atoms with Crippen LogP contribution in [0, 0.1) is 5.92 Å². The van der Waals surface area contributed by atoms with Crippen molar-refractivity contribution >= 4 is 16.4 Å². The molecule has 0 aromatic rings. The van der Waals surface area contributed by atoms with E-state index in [4.69, 9.17) is 10.8 Å². The zero-order valence-electron chi connectivity index (χ0n) is 8.81. The van der Waals surface area contributed by atoms with Gasteiger partial charge in [0.25, 0.3) is 0 Å². The number of carbonyl (C=O) groups is 1. The van der Waals surface area contributed by atoms with E-state index in [-0.39, 0.29) is 0 Å². The van der Waals surface area contributed by atoms with Crippen molar-refractivity contribution in [3.05, 3.63) is 0 Å². The number of nitrogens with two attached hydrogens (primary N) is 1. The summed E-state index contributed by atoms with van der Waals surface area (Å²) in [4.78, 5) is 11.3.